The van der Waals surface area contributed by atoms with E-state index in [0.717, 1.165) is 22.5 Å². The molecule has 0 atom stereocenters. The fourth-order valence-electron chi connectivity index (χ4n) is 3.03. The second kappa shape index (κ2) is 7.08. The Hall–Kier alpha value is -4.21. The molecular formula is C19H15N5O5. The maximum absolute atomic E-state index is 12.6. The number of amides is 1. The Kier molecular flexibility index (Phi) is 4.43. The number of aliphatic carboxylic acids is 1. The standard InChI is InChI=1S/C19H15N5O5/c1-10-11-3-2-4-14(12(11)5-6-20-10)29-15-7-13(25)17(18-22-9-23-24(15)18)19(28)21-8-16(26)27/h2-7,9H,8H2,1H3,(H,21,28)(H,22,23)(H,26,27). The van der Waals surface area contributed by atoms with Crippen LogP contribution < -0.4 is 15.5 Å². The maximum atomic E-state index is 12.6. The van der Waals surface area contributed by atoms with Gasteiger partial charge in [-0.3, -0.25) is 24.5 Å². The highest BCUT2D eigenvalue weighted by Crippen LogP contribution is 2.30. The van der Waals surface area contributed by atoms with Crippen molar-refractivity contribution in [2.24, 2.45) is 0 Å². The van der Waals surface area contributed by atoms with Crippen LogP contribution in [0.25, 0.3) is 16.4 Å². The number of hydrogen-bond acceptors (Lipinski definition) is 6. The number of H-pyrrole nitrogens is 1. The van der Waals surface area contributed by atoms with Gasteiger partial charge in [0.15, 0.2) is 5.65 Å². The molecule has 1 aromatic carbocycles. The number of carbonyl (C=O) groups excluding carboxylic acids is 1. The predicted octanol–water partition coefficient (Wildman–Crippen LogP) is 1.49. The first-order valence-electron chi connectivity index (χ1n) is 8.57. The Balaban J connectivity index is 1.79. The van der Waals surface area contributed by atoms with Gasteiger partial charge in [-0.25, -0.2) is 9.50 Å². The van der Waals surface area contributed by atoms with Crippen LogP contribution in [0, 0.1) is 6.92 Å². The molecular weight excluding hydrogens is 378 g/mol. The van der Waals surface area contributed by atoms with E-state index in [9.17, 15) is 14.4 Å². The van der Waals surface area contributed by atoms with Crippen LogP contribution in [-0.4, -0.2) is 43.1 Å². The normalized spacial score (nSPS) is 10.9. The number of nitrogens with one attached hydrogen (secondary N) is 2. The van der Waals surface area contributed by atoms with Crippen molar-refractivity contribution in [1.29, 1.82) is 0 Å². The molecule has 3 aromatic heterocycles. The average molecular weight is 393 g/mol. The number of fused-ring (bicyclic) bond motifs is 2. The second-order valence-electron chi connectivity index (χ2n) is 6.19. The Labute approximate surface area is 162 Å². The molecule has 0 radical (unpaired) electrons. The molecule has 0 aliphatic carbocycles. The van der Waals surface area contributed by atoms with E-state index in [1.807, 2.05) is 19.1 Å². The summed E-state index contributed by atoms with van der Waals surface area (Å²) in [5.41, 5.74) is -0.0680. The molecule has 0 saturated carbocycles. The lowest BCUT2D eigenvalue weighted by atomic mass is 10.1. The second-order valence-corrected chi connectivity index (χ2v) is 6.19. The summed E-state index contributed by atoms with van der Waals surface area (Å²) < 4.78 is 7.31. The van der Waals surface area contributed by atoms with Gasteiger partial charge in [0.1, 0.15) is 24.2 Å². The highest BCUT2D eigenvalue weighted by atomic mass is 16.5. The summed E-state index contributed by atoms with van der Waals surface area (Å²) >= 11 is 0. The van der Waals surface area contributed by atoms with Crippen LogP contribution in [0.1, 0.15) is 16.1 Å². The minimum Gasteiger partial charge on any atom is -0.480 e. The molecule has 3 N–H and O–H groups in total. The number of carbonyl (C=O) groups is 2. The first kappa shape index (κ1) is 18.2. The quantitative estimate of drug-likeness (QED) is 0.467. The highest BCUT2D eigenvalue weighted by molar-refractivity contribution is 6.00. The minimum absolute atomic E-state index is 0.0217. The van der Waals surface area contributed by atoms with E-state index in [1.54, 1.807) is 18.3 Å². The van der Waals surface area contributed by atoms with Gasteiger partial charge in [-0.2, -0.15) is 0 Å². The number of benzene rings is 1. The number of hydrogen-bond donors (Lipinski definition) is 3. The van der Waals surface area contributed by atoms with Crippen LogP contribution in [0.5, 0.6) is 11.6 Å². The highest BCUT2D eigenvalue weighted by Gasteiger charge is 2.20. The predicted molar refractivity (Wildman–Crippen MR) is 102 cm³/mol. The first-order valence-corrected chi connectivity index (χ1v) is 8.57. The van der Waals surface area contributed by atoms with E-state index in [0.29, 0.717) is 5.75 Å². The number of rotatable bonds is 5. The number of aromatic amines is 1. The lowest BCUT2D eigenvalue weighted by Gasteiger charge is -2.12. The summed E-state index contributed by atoms with van der Waals surface area (Å²) in [6, 6.07) is 8.43. The topological polar surface area (TPSA) is 139 Å². The summed E-state index contributed by atoms with van der Waals surface area (Å²) in [5.74, 6) is -1.43. The van der Waals surface area contributed by atoms with Gasteiger partial charge in [0.05, 0.1) is 0 Å². The number of nitrogens with zero attached hydrogens (tertiary/aromatic N) is 3. The van der Waals surface area contributed by atoms with Crippen LogP contribution >= 0.6 is 0 Å². The molecule has 0 spiro atoms. The minimum atomic E-state index is -1.22. The fourth-order valence-corrected chi connectivity index (χ4v) is 3.03. The third-order valence-electron chi connectivity index (χ3n) is 4.34. The van der Waals surface area contributed by atoms with Crippen molar-refractivity contribution < 1.29 is 19.4 Å². The van der Waals surface area contributed by atoms with Gasteiger partial charge in [0.2, 0.25) is 11.3 Å². The summed E-state index contributed by atoms with van der Waals surface area (Å²) in [6.07, 6.45) is 2.96. The molecule has 1 amide bonds. The number of carboxylic acid groups (broad SMARTS) is 1. The molecule has 3 heterocycles. The zero-order chi connectivity index (χ0) is 20.5. The fraction of sp³-hybridized carbons (Fsp3) is 0.105. The molecule has 0 fully saturated rings. The smallest absolute Gasteiger partial charge is 0.322 e. The number of pyridine rings is 2. The monoisotopic (exact) mass is 393 g/mol. The van der Waals surface area contributed by atoms with Crippen molar-refractivity contribution in [2.45, 2.75) is 6.92 Å². The van der Waals surface area contributed by atoms with Crippen LogP contribution in [0.4, 0.5) is 0 Å². The molecule has 0 saturated heterocycles. The third kappa shape index (κ3) is 3.27. The Bertz CT molecular complexity index is 1320. The van der Waals surface area contributed by atoms with Crippen molar-refractivity contribution in [3.63, 3.8) is 0 Å². The molecule has 0 unspecified atom stereocenters. The summed E-state index contributed by atoms with van der Waals surface area (Å²) in [4.78, 5) is 43.8. The summed E-state index contributed by atoms with van der Waals surface area (Å²) in [5, 5.41) is 15.4. The Morgan fingerprint density at radius 1 is 1.24 bits per heavy atom. The number of ether oxygens (including phenoxy) is 1. The first-order chi connectivity index (χ1) is 14.0. The van der Waals surface area contributed by atoms with Gasteiger partial charge < -0.3 is 15.2 Å². The van der Waals surface area contributed by atoms with E-state index in [4.69, 9.17) is 9.84 Å². The van der Waals surface area contributed by atoms with Crippen molar-refractivity contribution in [2.75, 3.05) is 6.54 Å². The van der Waals surface area contributed by atoms with E-state index < -0.39 is 23.9 Å². The van der Waals surface area contributed by atoms with Gasteiger partial charge in [-0.15, -0.1) is 0 Å². The maximum Gasteiger partial charge on any atom is 0.322 e. The number of aryl methyl sites for hydroxylation is 1. The lowest BCUT2D eigenvalue weighted by Crippen LogP contribution is -2.33. The summed E-state index contributed by atoms with van der Waals surface area (Å²) in [7, 11) is 0. The Morgan fingerprint density at radius 3 is 2.86 bits per heavy atom. The largest absolute Gasteiger partial charge is 0.480 e. The van der Waals surface area contributed by atoms with E-state index >= 15 is 0 Å². The van der Waals surface area contributed by atoms with Crippen molar-refractivity contribution in [3.05, 3.63) is 64.3 Å². The molecule has 10 heteroatoms. The Morgan fingerprint density at radius 2 is 2.07 bits per heavy atom. The van der Waals surface area contributed by atoms with E-state index in [2.05, 4.69) is 20.4 Å². The lowest BCUT2D eigenvalue weighted by molar-refractivity contribution is -0.135. The van der Waals surface area contributed by atoms with Gasteiger partial charge in [-0.1, -0.05) is 12.1 Å². The zero-order valence-electron chi connectivity index (χ0n) is 15.2. The van der Waals surface area contributed by atoms with Gasteiger partial charge in [0, 0.05) is 28.7 Å². The number of aromatic nitrogens is 4. The SMILES string of the molecule is Cc1nccc2c(Oc3cc(=O)c(C(=O)NCC(=O)O)c4nc[nH]n34)cccc12. The molecule has 10 nitrogen and oxygen atoms in total. The van der Waals surface area contributed by atoms with Crippen LogP contribution in [0.2, 0.25) is 0 Å². The van der Waals surface area contributed by atoms with Crippen LogP contribution in [0.3, 0.4) is 0 Å². The van der Waals surface area contributed by atoms with Crippen molar-refractivity contribution in [3.8, 4) is 11.6 Å². The van der Waals surface area contributed by atoms with Crippen molar-refractivity contribution >= 4 is 28.3 Å². The summed E-state index contributed by atoms with van der Waals surface area (Å²) in [6.45, 7) is 1.27. The molecule has 0 aliphatic rings. The average Bonchev–Trinajstić information content (AvgIpc) is 3.17. The van der Waals surface area contributed by atoms with E-state index in [-0.39, 0.29) is 17.1 Å². The van der Waals surface area contributed by atoms with Gasteiger partial charge >= 0.3 is 5.97 Å². The molecule has 0 aliphatic heterocycles. The van der Waals surface area contributed by atoms with Gasteiger partial charge in [0.25, 0.3) is 5.91 Å². The van der Waals surface area contributed by atoms with E-state index in [1.165, 1.54) is 10.8 Å². The zero-order valence-corrected chi connectivity index (χ0v) is 15.2. The molecule has 4 rings (SSSR count). The number of carboxylic acids is 1. The molecule has 29 heavy (non-hydrogen) atoms. The van der Waals surface area contributed by atoms with Gasteiger partial charge in [-0.05, 0) is 19.1 Å². The third-order valence-corrected chi connectivity index (χ3v) is 4.34. The molecule has 4 aromatic rings. The molecule has 0 bridgehead atoms. The van der Waals surface area contributed by atoms with Crippen molar-refractivity contribution in [1.82, 2.24) is 24.9 Å². The van der Waals surface area contributed by atoms with Crippen LogP contribution in [-0.2, 0) is 4.79 Å². The van der Waals surface area contributed by atoms with Crippen LogP contribution in [0.15, 0.2) is 47.7 Å². The molecule has 146 valence electrons.